The van der Waals surface area contributed by atoms with Crippen LogP contribution in [0.4, 0.5) is 5.69 Å². The van der Waals surface area contributed by atoms with Gasteiger partial charge in [0.2, 0.25) is 11.8 Å². The average molecular weight is 476 g/mol. The maximum Gasteiger partial charge on any atom is 0.248 e. The Kier molecular flexibility index (Phi) is 5.69. The number of pyridine rings is 1. The van der Waals surface area contributed by atoms with Crippen LogP contribution in [0.3, 0.4) is 0 Å². The predicted molar refractivity (Wildman–Crippen MR) is 129 cm³/mol. The quantitative estimate of drug-likeness (QED) is 0.274. The van der Waals surface area contributed by atoms with Crippen LogP contribution in [0.5, 0.6) is 0 Å². The molecule has 0 spiro atoms. The number of halogens is 2. The highest BCUT2D eigenvalue weighted by Gasteiger charge is 2.11. The number of amides is 1. The predicted octanol–water partition coefficient (Wildman–Crippen LogP) is 7.11. The maximum atomic E-state index is 12.4. The summed E-state index contributed by atoms with van der Waals surface area (Å²) in [5.41, 5.74) is 3.13. The number of hydrogen-bond donors (Lipinski definition) is 1. The van der Waals surface area contributed by atoms with Crippen molar-refractivity contribution in [3.63, 3.8) is 0 Å². The van der Waals surface area contributed by atoms with Gasteiger partial charge in [-0.15, -0.1) is 0 Å². The van der Waals surface area contributed by atoms with E-state index in [0.29, 0.717) is 49.9 Å². The molecule has 1 N–H and O–H groups in total. The minimum Gasteiger partial charge on any atom is -0.457 e. The van der Waals surface area contributed by atoms with Crippen molar-refractivity contribution in [1.82, 2.24) is 9.97 Å². The van der Waals surface area contributed by atoms with Crippen molar-refractivity contribution >= 4 is 52.1 Å². The van der Waals surface area contributed by atoms with Gasteiger partial charge in [-0.05, 0) is 66.7 Å². The lowest BCUT2D eigenvalue weighted by atomic mass is 10.2. The molecule has 162 valence electrons. The number of hydrogen-bond acceptors (Lipinski definition) is 5. The smallest absolute Gasteiger partial charge is 0.248 e. The number of fused-ring (bicyclic) bond motifs is 1. The number of nitrogens with one attached hydrogen (secondary N) is 1. The summed E-state index contributed by atoms with van der Waals surface area (Å²) in [6, 6.07) is 19.5. The van der Waals surface area contributed by atoms with Gasteiger partial charge in [-0.25, -0.2) is 4.98 Å². The van der Waals surface area contributed by atoms with Gasteiger partial charge >= 0.3 is 0 Å². The molecule has 0 aliphatic heterocycles. The molecule has 0 saturated carbocycles. The normalized spacial score (nSPS) is 11.3. The number of carbonyl (C=O) groups is 1. The summed E-state index contributed by atoms with van der Waals surface area (Å²) < 4.78 is 11.5. The molecular weight excluding hydrogens is 461 g/mol. The summed E-state index contributed by atoms with van der Waals surface area (Å²) in [5, 5.41) is 3.90. The van der Waals surface area contributed by atoms with Crippen LogP contribution in [0, 0.1) is 0 Å². The molecule has 8 heteroatoms. The molecule has 3 heterocycles. The number of furan rings is 1. The Morgan fingerprint density at radius 2 is 1.88 bits per heavy atom. The van der Waals surface area contributed by atoms with E-state index in [1.54, 1.807) is 66.9 Å². The maximum absolute atomic E-state index is 12.4. The lowest BCUT2D eigenvalue weighted by Gasteiger charge is -2.03. The third-order valence-electron chi connectivity index (χ3n) is 4.76. The van der Waals surface area contributed by atoms with Crippen LogP contribution >= 0.6 is 23.2 Å². The van der Waals surface area contributed by atoms with Crippen molar-refractivity contribution in [3.05, 3.63) is 94.8 Å². The second kappa shape index (κ2) is 8.94. The zero-order valence-electron chi connectivity index (χ0n) is 17.0. The van der Waals surface area contributed by atoms with Crippen LogP contribution in [-0.4, -0.2) is 15.9 Å². The Bertz CT molecular complexity index is 1470. The molecule has 6 nitrogen and oxygen atoms in total. The number of carbonyl (C=O) groups excluding carboxylic acids is 1. The van der Waals surface area contributed by atoms with Crippen molar-refractivity contribution in [1.29, 1.82) is 0 Å². The Hall–Kier alpha value is -3.87. The first kappa shape index (κ1) is 21.0. The summed E-state index contributed by atoms with van der Waals surface area (Å²) in [7, 11) is 0. The fourth-order valence-corrected chi connectivity index (χ4v) is 3.62. The number of oxazole rings is 1. The van der Waals surface area contributed by atoms with Gasteiger partial charge in [0.05, 0.1) is 5.02 Å². The SMILES string of the molecule is O=C(/C=C/c1ccc(-c2cc(Cl)ccc2Cl)o1)Nc1cccc(-c2nc3ncccc3o2)c1. The first-order chi connectivity index (χ1) is 16.0. The lowest BCUT2D eigenvalue weighted by molar-refractivity contribution is -0.111. The van der Waals surface area contributed by atoms with E-state index in [1.807, 2.05) is 12.1 Å². The summed E-state index contributed by atoms with van der Waals surface area (Å²) in [4.78, 5) is 21.0. The van der Waals surface area contributed by atoms with Gasteiger partial charge in [0.25, 0.3) is 0 Å². The second-order valence-corrected chi connectivity index (χ2v) is 7.92. The van der Waals surface area contributed by atoms with Gasteiger partial charge in [-0.2, -0.15) is 4.98 Å². The number of aromatic nitrogens is 2. The molecule has 0 radical (unpaired) electrons. The average Bonchev–Trinajstić information content (AvgIpc) is 3.47. The van der Waals surface area contributed by atoms with Crippen LogP contribution in [-0.2, 0) is 4.79 Å². The second-order valence-electron chi connectivity index (χ2n) is 7.07. The minimum absolute atomic E-state index is 0.315. The number of anilines is 1. The molecule has 0 atom stereocenters. The van der Waals surface area contributed by atoms with Crippen LogP contribution in [0.25, 0.3) is 40.1 Å². The van der Waals surface area contributed by atoms with Crippen molar-refractivity contribution in [2.75, 3.05) is 5.32 Å². The lowest BCUT2D eigenvalue weighted by Crippen LogP contribution is -2.07. The summed E-state index contributed by atoms with van der Waals surface area (Å²) in [5.74, 6) is 1.18. The molecular formula is C25H15Cl2N3O3. The van der Waals surface area contributed by atoms with E-state index in [1.165, 1.54) is 6.08 Å². The number of rotatable bonds is 5. The van der Waals surface area contributed by atoms with Crippen molar-refractivity contribution in [3.8, 4) is 22.8 Å². The molecule has 2 aromatic carbocycles. The zero-order chi connectivity index (χ0) is 22.8. The van der Waals surface area contributed by atoms with E-state index in [-0.39, 0.29) is 5.91 Å². The van der Waals surface area contributed by atoms with E-state index in [0.717, 1.165) is 5.56 Å². The largest absolute Gasteiger partial charge is 0.457 e. The van der Waals surface area contributed by atoms with Crippen LogP contribution in [0.2, 0.25) is 10.0 Å². The van der Waals surface area contributed by atoms with Gasteiger partial charge in [-0.3, -0.25) is 4.79 Å². The molecule has 33 heavy (non-hydrogen) atoms. The van der Waals surface area contributed by atoms with Gasteiger partial charge < -0.3 is 14.2 Å². The molecule has 0 fully saturated rings. The zero-order valence-corrected chi connectivity index (χ0v) is 18.5. The Morgan fingerprint density at radius 1 is 0.970 bits per heavy atom. The molecule has 0 saturated heterocycles. The first-order valence-electron chi connectivity index (χ1n) is 9.91. The van der Waals surface area contributed by atoms with E-state index >= 15 is 0 Å². The molecule has 0 bridgehead atoms. The molecule has 3 aromatic heterocycles. The fourth-order valence-electron chi connectivity index (χ4n) is 3.24. The summed E-state index contributed by atoms with van der Waals surface area (Å²) in [6.45, 7) is 0. The van der Waals surface area contributed by atoms with Crippen LogP contribution in [0.1, 0.15) is 5.76 Å². The van der Waals surface area contributed by atoms with Crippen LogP contribution in [0.15, 0.2) is 87.8 Å². The monoisotopic (exact) mass is 475 g/mol. The first-order valence-corrected chi connectivity index (χ1v) is 10.7. The van der Waals surface area contributed by atoms with E-state index < -0.39 is 0 Å². The highest BCUT2D eigenvalue weighted by Crippen LogP contribution is 2.32. The Labute approximate surface area is 198 Å². The van der Waals surface area contributed by atoms with Crippen LogP contribution < -0.4 is 5.32 Å². The highest BCUT2D eigenvalue weighted by molar-refractivity contribution is 6.35. The van der Waals surface area contributed by atoms with Gasteiger partial charge in [0, 0.05) is 34.1 Å². The fraction of sp³-hybridized carbons (Fsp3) is 0. The third kappa shape index (κ3) is 4.67. The van der Waals surface area contributed by atoms with E-state index in [9.17, 15) is 4.79 Å². The summed E-state index contributed by atoms with van der Waals surface area (Å²) in [6.07, 6.45) is 4.62. The Balaban J connectivity index is 1.29. The molecule has 0 aliphatic rings. The molecule has 1 amide bonds. The van der Waals surface area contributed by atoms with Crippen molar-refractivity contribution < 1.29 is 13.6 Å². The number of nitrogens with zero attached hydrogens (tertiary/aromatic N) is 2. The summed E-state index contributed by atoms with van der Waals surface area (Å²) >= 11 is 12.3. The standard InChI is InChI=1S/C25H15Cl2N3O3/c26-16-6-9-20(27)19(14-16)21-10-7-18(32-21)8-11-23(31)29-17-4-1-3-15(13-17)25-30-24-22(33-25)5-2-12-28-24/h1-14H,(H,29,31)/b11-8+. The molecule has 0 aliphatic carbocycles. The van der Waals surface area contributed by atoms with E-state index in [4.69, 9.17) is 32.0 Å². The number of benzene rings is 2. The topological polar surface area (TPSA) is 81.2 Å². The van der Waals surface area contributed by atoms with Gasteiger partial charge in [0.1, 0.15) is 11.5 Å². The molecule has 5 aromatic rings. The highest BCUT2D eigenvalue weighted by atomic mass is 35.5. The third-order valence-corrected chi connectivity index (χ3v) is 5.33. The van der Waals surface area contributed by atoms with Gasteiger partial charge in [-0.1, -0.05) is 29.3 Å². The Morgan fingerprint density at radius 3 is 2.76 bits per heavy atom. The minimum atomic E-state index is -0.315. The molecule has 5 rings (SSSR count). The van der Waals surface area contributed by atoms with E-state index in [2.05, 4.69) is 15.3 Å². The van der Waals surface area contributed by atoms with Gasteiger partial charge in [0.15, 0.2) is 11.2 Å². The molecule has 0 unspecified atom stereocenters. The van der Waals surface area contributed by atoms with Crippen molar-refractivity contribution in [2.45, 2.75) is 0 Å². The van der Waals surface area contributed by atoms with Crippen molar-refractivity contribution in [2.24, 2.45) is 0 Å².